The van der Waals surface area contributed by atoms with Crippen LogP contribution in [0.2, 0.25) is 0 Å². The number of carbonyl (C=O) groups excluding carboxylic acids is 2. The van der Waals surface area contributed by atoms with Gasteiger partial charge < -0.3 is 15.5 Å². The van der Waals surface area contributed by atoms with E-state index in [0.29, 0.717) is 18.7 Å². The van der Waals surface area contributed by atoms with E-state index in [0.717, 1.165) is 41.0 Å². The summed E-state index contributed by atoms with van der Waals surface area (Å²) < 4.78 is 0. The van der Waals surface area contributed by atoms with Crippen molar-refractivity contribution in [3.8, 4) is 0 Å². The topological polar surface area (TPSA) is 61.4 Å². The highest BCUT2D eigenvalue weighted by Gasteiger charge is 2.19. The summed E-state index contributed by atoms with van der Waals surface area (Å²) in [5, 5.41) is 6.46. The number of carbonyl (C=O) groups is 2. The Balaban J connectivity index is 0.00000133. The van der Waals surface area contributed by atoms with Crippen LogP contribution in [-0.4, -0.2) is 37.2 Å². The molecule has 1 aromatic carbocycles. The van der Waals surface area contributed by atoms with Gasteiger partial charge in [0.15, 0.2) is 5.78 Å². The maximum Gasteiger partial charge on any atom is 0.210 e. The monoisotopic (exact) mass is 387 g/mol. The lowest BCUT2D eigenvalue weighted by molar-refractivity contribution is -0.117. The third-order valence-corrected chi connectivity index (χ3v) is 3.97. The number of hydrogen-bond donors (Lipinski definition) is 2. The molecule has 1 aliphatic rings. The first-order valence-electron chi connectivity index (χ1n) is 10.0. The third-order valence-electron chi connectivity index (χ3n) is 3.97. The van der Waals surface area contributed by atoms with Crippen molar-refractivity contribution in [1.82, 2.24) is 10.2 Å². The van der Waals surface area contributed by atoms with E-state index in [1.165, 1.54) is 6.42 Å². The Labute approximate surface area is 170 Å². The summed E-state index contributed by atoms with van der Waals surface area (Å²) >= 11 is 0. The summed E-state index contributed by atoms with van der Waals surface area (Å²) in [6.45, 7) is 17.1. The Morgan fingerprint density at radius 3 is 2.36 bits per heavy atom. The van der Waals surface area contributed by atoms with Crippen molar-refractivity contribution in [1.29, 1.82) is 0 Å². The highest BCUT2D eigenvalue weighted by molar-refractivity contribution is 5.95. The van der Waals surface area contributed by atoms with E-state index in [2.05, 4.69) is 31.1 Å². The van der Waals surface area contributed by atoms with Crippen LogP contribution in [0.5, 0.6) is 0 Å². The van der Waals surface area contributed by atoms with E-state index >= 15 is 0 Å². The van der Waals surface area contributed by atoms with Crippen molar-refractivity contribution < 1.29 is 9.59 Å². The van der Waals surface area contributed by atoms with E-state index in [-0.39, 0.29) is 5.78 Å². The minimum atomic E-state index is 0.0299. The Kier molecular flexibility index (Phi) is 12.3. The molecule has 0 fully saturated rings. The van der Waals surface area contributed by atoms with Crippen LogP contribution in [0.15, 0.2) is 41.7 Å². The van der Waals surface area contributed by atoms with Gasteiger partial charge in [0, 0.05) is 54.8 Å². The van der Waals surface area contributed by atoms with Gasteiger partial charge in [-0.2, -0.15) is 0 Å². The Morgan fingerprint density at radius 2 is 1.86 bits per heavy atom. The van der Waals surface area contributed by atoms with Gasteiger partial charge in [0.05, 0.1) is 0 Å². The van der Waals surface area contributed by atoms with Crippen molar-refractivity contribution in [3.05, 3.63) is 52.9 Å². The van der Waals surface area contributed by atoms with Gasteiger partial charge in [-0.05, 0) is 37.6 Å². The molecule has 156 valence electrons. The lowest BCUT2D eigenvalue weighted by atomic mass is 10.0. The summed E-state index contributed by atoms with van der Waals surface area (Å²) in [5.41, 5.74) is 5.31. The number of nitrogens with one attached hydrogen (secondary N) is 2. The van der Waals surface area contributed by atoms with Gasteiger partial charge in [0.25, 0.3) is 0 Å². The number of nitrogens with zero attached hydrogens (tertiary/aromatic N) is 1. The predicted molar refractivity (Wildman–Crippen MR) is 120 cm³/mol. The molecule has 1 heterocycles. The smallest absolute Gasteiger partial charge is 0.210 e. The number of anilines is 1. The normalized spacial score (nSPS) is 12.8. The highest BCUT2D eigenvalue weighted by atomic mass is 16.1. The molecule has 5 heteroatoms. The second-order valence-electron chi connectivity index (χ2n) is 6.49. The average Bonchev–Trinajstić information content (AvgIpc) is 2.69. The first-order valence-corrected chi connectivity index (χ1v) is 10.0. The lowest BCUT2D eigenvalue weighted by Crippen LogP contribution is -2.34. The number of amides is 1. The summed E-state index contributed by atoms with van der Waals surface area (Å²) in [5.74, 6) is 0.0299. The molecular formula is C23H37N3O2. The van der Waals surface area contributed by atoms with Crippen LogP contribution < -0.4 is 10.6 Å². The molecule has 2 N–H and O–H groups in total. The Bertz CT molecular complexity index is 693. The fourth-order valence-electron chi connectivity index (χ4n) is 2.74. The van der Waals surface area contributed by atoms with Crippen molar-refractivity contribution in [2.75, 3.05) is 25.5 Å². The second-order valence-corrected chi connectivity index (χ2v) is 6.49. The molecule has 0 spiro atoms. The van der Waals surface area contributed by atoms with E-state index < -0.39 is 0 Å². The van der Waals surface area contributed by atoms with Crippen LogP contribution in [0.4, 0.5) is 5.69 Å². The number of Topliss-reactive ketones (excluding diaryl/α,β-unsaturated/α-hetero) is 1. The van der Waals surface area contributed by atoms with Crippen LogP contribution in [0, 0.1) is 6.92 Å². The van der Waals surface area contributed by atoms with Crippen molar-refractivity contribution in [2.24, 2.45) is 0 Å². The number of benzene rings is 1. The molecule has 0 saturated carbocycles. The highest BCUT2D eigenvalue weighted by Crippen LogP contribution is 2.24. The van der Waals surface area contributed by atoms with E-state index in [1.54, 1.807) is 11.8 Å². The Hall–Kier alpha value is -2.56. The van der Waals surface area contributed by atoms with Gasteiger partial charge in [-0.15, -0.1) is 0 Å². The molecule has 1 amide bonds. The van der Waals surface area contributed by atoms with Crippen LogP contribution in [0.1, 0.15) is 63.4 Å². The summed E-state index contributed by atoms with van der Waals surface area (Å²) in [4.78, 5) is 24.4. The number of rotatable bonds is 6. The molecule has 2 rings (SSSR count). The van der Waals surface area contributed by atoms with E-state index in [4.69, 9.17) is 0 Å². The molecule has 0 unspecified atom stereocenters. The van der Waals surface area contributed by atoms with Gasteiger partial charge in [-0.1, -0.05) is 40.7 Å². The molecule has 0 atom stereocenters. The predicted octanol–water partition coefficient (Wildman–Crippen LogP) is 4.90. The average molecular weight is 388 g/mol. The largest absolute Gasteiger partial charge is 0.391 e. The zero-order valence-corrected chi connectivity index (χ0v) is 18.6. The van der Waals surface area contributed by atoms with Gasteiger partial charge in [-0.25, -0.2) is 0 Å². The summed E-state index contributed by atoms with van der Waals surface area (Å²) in [6, 6.07) is 5.65. The zero-order valence-electron chi connectivity index (χ0n) is 18.6. The van der Waals surface area contributed by atoms with Crippen LogP contribution in [-0.2, 0) is 4.79 Å². The Morgan fingerprint density at radius 1 is 1.25 bits per heavy atom. The minimum Gasteiger partial charge on any atom is -0.391 e. The second kappa shape index (κ2) is 13.6. The van der Waals surface area contributed by atoms with Crippen molar-refractivity contribution >= 4 is 17.9 Å². The molecule has 0 bridgehead atoms. The molecule has 1 aromatic rings. The number of aryl methyl sites for hydroxylation is 1. The molecule has 0 aromatic heterocycles. The third kappa shape index (κ3) is 7.99. The maximum absolute atomic E-state index is 11.6. The summed E-state index contributed by atoms with van der Waals surface area (Å²) in [6.07, 6.45) is 2.89. The maximum atomic E-state index is 11.6. The van der Waals surface area contributed by atoms with Gasteiger partial charge in [-0.3, -0.25) is 9.59 Å². The fraction of sp³-hybridized carbons (Fsp3) is 0.478. The molecule has 0 aliphatic carbocycles. The first-order chi connectivity index (χ1) is 13.4. The van der Waals surface area contributed by atoms with Crippen molar-refractivity contribution in [3.63, 3.8) is 0 Å². The first kappa shape index (κ1) is 25.4. The molecular weight excluding hydrogens is 350 g/mol. The van der Waals surface area contributed by atoms with Crippen LogP contribution in [0.25, 0.3) is 0 Å². The zero-order chi connectivity index (χ0) is 21.7. The van der Waals surface area contributed by atoms with Gasteiger partial charge in [0.1, 0.15) is 0 Å². The molecule has 28 heavy (non-hydrogen) atoms. The van der Waals surface area contributed by atoms with Gasteiger partial charge in [0.2, 0.25) is 6.41 Å². The van der Waals surface area contributed by atoms with Crippen LogP contribution in [0.3, 0.4) is 0 Å². The standard InChI is InChI=1S/C18H23N3O2.C3H8.C2H6/c1-12-7-15(14(3)23)9-16(8-12)20-13(2)17-10-21(11-22)6-5-18(17)19-4;1-3-2;1-2/h7-9,11,19-20H,2,5-6,10H2,1,3-4H3;3H2,1-2H3;1-2H3. The quantitative estimate of drug-likeness (QED) is 0.538. The molecule has 5 nitrogen and oxygen atoms in total. The number of ketones is 1. The van der Waals surface area contributed by atoms with Crippen molar-refractivity contribution in [2.45, 2.75) is 54.4 Å². The lowest BCUT2D eigenvalue weighted by Gasteiger charge is -2.29. The molecule has 0 saturated heterocycles. The molecule has 1 aliphatic heterocycles. The minimum absolute atomic E-state index is 0.0299. The van der Waals surface area contributed by atoms with Crippen LogP contribution >= 0.6 is 0 Å². The summed E-state index contributed by atoms with van der Waals surface area (Å²) in [7, 11) is 1.87. The number of hydrogen-bond acceptors (Lipinski definition) is 4. The molecule has 0 radical (unpaired) electrons. The SMILES string of the molecule is C=C(Nc1cc(C)cc(C(C)=O)c1)C1=C(NC)CCN(C=O)C1.CC.CCC. The van der Waals surface area contributed by atoms with Gasteiger partial charge >= 0.3 is 0 Å². The van der Waals surface area contributed by atoms with E-state index in [1.807, 2.05) is 46.0 Å². The van der Waals surface area contributed by atoms with E-state index in [9.17, 15) is 9.59 Å². The fourth-order valence-corrected chi connectivity index (χ4v) is 2.74.